The average molecular weight is 266 g/mol. The average Bonchev–Trinajstić information content (AvgIpc) is 2.27. The molecule has 1 rings (SSSR count). The summed E-state index contributed by atoms with van der Waals surface area (Å²) in [7, 11) is 1.39. The van der Waals surface area contributed by atoms with Crippen molar-refractivity contribution in [3.63, 3.8) is 0 Å². The van der Waals surface area contributed by atoms with Crippen molar-refractivity contribution >= 4 is 11.9 Å². The molecule has 6 heteroatoms. The molecule has 2 N–H and O–H groups in total. The molecule has 1 aromatic rings. The summed E-state index contributed by atoms with van der Waals surface area (Å²) in [6.07, 6.45) is 0.278. The lowest BCUT2D eigenvalue weighted by atomic mass is 10.1. The number of likely N-dealkylation sites (N-methyl/N-ethyl adjacent to an activating group) is 1. The van der Waals surface area contributed by atoms with E-state index in [1.807, 2.05) is 0 Å². The first kappa shape index (κ1) is 14.9. The SMILES string of the molecule is CCC(C(=O)O)N(C)C(=O)c1c(C)cc(C)[nH]c1=O. The van der Waals surface area contributed by atoms with Gasteiger partial charge in [0.05, 0.1) is 0 Å². The maximum atomic E-state index is 12.2. The summed E-state index contributed by atoms with van der Waals surface area (Å²) in [6, 6.07) is 0.747. The number of carboxylic acid groups (broad SMARTS) is 1. The lowest BCUT2D eigenvalue weighted by Gasteiger charge is -2.24. The molecule has 0 radical (unpaired) electrons. The zero-order valence-corrected chi connectivity index (χ0v) is 11.5. The number of carbonyl (C=O) groups is 2. The minimum atomic E-state index is -1.08. The van der Waals surface area contributed by atoms with E-state index in [1.54, 1.807) is 26.8 Å². The number of rotatable bonds is 4. The number of aryl methyl sites for hydroxylation is 2. The van der Waals surface area contributed by atoms with E-state index >= 15 is 0 Å². The number of carbonyl (C=O) groups excluding carboxylic acids is 1. The standard InChI is InChI=1S/C13H18N2O4/c1-5-9(13(18)19)15(4)12(17)10-7(2)6-8(3)14-11(10)16/h6,9H,5H2,1-4H3,(H,14,16)(H,18,19). The Hall–Kier alpha value is -2.11. The highest BCUT2D eigenvalue weighted by molar-refractivity contribution is 5.97. The molecule has 19 heavy (non-hydrogen) atoms. The molecule has 104 valence electrons. The Kier molecular flexibility index (Phi) is 4.47. The number of hydrogen-bond donors (Lipinski definition) is 2. The van der Waals surface area contributed by atoms with E-state index in [2.05, 4.69) is 4.98 Å². The third-order valence-electron chi connectivity index (χ3n) is 3.04. The fourth-order valence-electron chi connectivity index (χ4n) is 2.05. The van der Waals surface area contributed by atoms with Crippen LogP contribution in [0.3, 0.4) is 0 Å². The number of pyridine rings is 1. The van der Waals surface area contributed by atoms with Crippen molar-refractivity contribution in [3.8, 4) is 0 Å². The third-order valence-corrected chi connectivity index (χ3v) is 3.04. The predicted molar refractivity (Wildman–Crippen MR) is 70.3 cm³/mol. The van der Waals surface area contributed by atoms with Gasteiger partial charge in [0.2, 0.25) is 0 Å². The summed E-state index contributed by atoms with van der Waals surface area (Å²) in [5.41, 5.74) is 0.702. The Morgan fingerprint density at radius 1 is 1.42 bits per heavy atom. The highest BCUT2D eigenvalue weighted by Crippen LogP contribution is 2.10. The molecule has 0 saturated carbocycles. The van der Waals surface area contributed by atoms with Crippen LogP contribution in [0.5, 0.6) is 0 Å². The number of hydrogen-bond acceptors (Lipinski definition) is 3. The third kappa shape index (κ3) is 3.01. The van der Waals surface area contributed by atoms with Crippen molar-refractivity contribution in [1.29, 1.82) is 0 Å². The number of amides is 1. The fourth-order valence-corrected chi connectivity index (χ4v) is 2.05. The molecule has 0 saturated heterocycles. The molecule has 1 atom stereocenters. The van der Waals surface area contributed by atoms with Crippen molar-refractivity contribution in [2.45, 2.75) is 33.2 Å². The number of nitrogens with one attached hydrogen (secondary N) is 1. The zero-order valence-electron chi connectivity index (χ0n) is 11.5. The predicted octanol–water partition coefficient (Wildman–Crippen LogP) is 0.927. The molecule has 0 aromatic carbocycles. The van der Waals surface area contributed by atoms with Crippen LogP contribution in [0, 0.1) is 13.8 Å². The number of aromatic nitrogens is 1. The van der Waals surface area contributed by atoms with Gasteiger partial charge < -0.3 is 15.0 Å². The smallest absolute Gasteiger partial charge is 0.326 e. The van der Waals surface area contributed by atoms with Crippen LogP contribution in [0.15, 0.2) is 10.9 Å². The quantitative estimate of drug-likeness (QED) is 0.848. The molecular weight excluding hydrogens is 248 g/mol. The molecule has 1 heterocycles. The van der Waals surface area contributed by atoms with E-state index < -0.39 is 23.5 Å². The fraction of sp³-hybridized carbons (Fsp3) is 0.462. The summed E-state index contributed by atoms with van der Waals surface area (Å²) >= 11 is 0. The second-order valence-corrected chi connectivity index (χ2v) is 4.52. The summed E-state index contributed by atoms with van der Waals surface area (Å²) in [5, 5.41) is 9.04. The van der Waals surface area contributed by atoms with Crippen LogP contribution in [0.2, 0.25) is 0 Å². The molecule has 1 unspecified atom stereocenters. The first-order valence-electron chi connectivity index (χ1n) is 6.00. The van der Waals surface area contributed by atoms with E-state index in [-0.39, 0.29) is 12.0 Å². The highest BCUT2D eigenvalue weighted by atomic mass is 16.4. The molecule has 0 aliphatic carbocycles. The largest absolute Gasteiger partial charge is 0.480 e. The summed E-state index contributed by atoms with van der Waals surface area (Å²) < 4.78 is 0. The van der Waals surface area contributed by atoms with E-state index in [0.29, 0.717) is 11.3 Å². The van der Waals surface area contributed by atoms with Gasteiger partial charge in [0.1, 0.15) is 11.6 Å². The van der Waals surface area contributed by atoms with E-state index in [1.165, 1.54) is 7.05 Å². The van der Waals surface area contributed by atoms with Gasteiger partial charge in [-0.2, -0.15) is 0 Å². The molecule has 0 fully saturated rings. The molecular formula is C13H18N2O4. The van der Waals surface area contributed by atoms with Crippen LogP contribution < -0.4 is 5.56 Å². The maximum absolute atomic E-state index is 12.2. The number of aliphatic carboxylic acids is 1. The Morgan fingerprint density at radius 2 is 2.00 bits per heavy atom. The van der Waals surface area contributed by atoms with Gasteiger partial charge in [0.15, 0.2) is 0 Å². The highest BCUT2D eigenvalue weighted by Gasteiger charge is 2.27. The van der Waals surface area contributed by atoms with Gasteiger partial charge in [0.25, 0.3) is 11.5 Å². The van der Waals surface area contributed by atoms with Gasteiger partial charge >= 0.3 is 5.97 Å². The monoisotopic (exact) mass is 266 g/mol. The summed E-state index contributed by atoms with van der Waals surface area (Å²) in [6.45, 7) is 5.05. The Balaban J connectivity index is 3.21. The first-order chi connectivity index (χ1) is 8.79. The second-order valence-electron chi connectivity index (χ2n) is 4.52. The maximum Gasteiger partial charge on any atom is 0.326 e. The van der Waals surface area contributed by atoms with Crippen LogP contribution in [-0.4, -0.2) is 40.0 Å². The van der Waals surface area contributed by atoms with Crippen LogP contribution in [0.25, 0.3) is 0 Å². The van der Waals surface area contributed by atoms with Crippen molar-refractivity contribution in [3.05, 3.63) is 33.2 Å². The van der Waals surface area contributed by atoms with Gasteiger partial charge in [-0.05, 0) is 31.9 Å². The lowest BCUT2D eigenvalue weighted by Crippen LogP contribution is -2.44. The minimum absolute atomic E-state index is 0.00667. The van der Waals surface area contributed by atoms with Gasteiger partial charge in [-0.3, -0.25) is 9.59 Å². The Bertz CT molecular complexity index is 562. The van der Waals surface area contributed by atoms with Gasteiger partial charge in [0, 0.05) is 12.7 Å². The second kappa shape index (κ2) is 5.69. The topological polar surface area (TPSA) is 90.5 Å². The van der Waals surface area contributed by atoms with Gasteiger partial charge in [-0.25, -0.2) is 4.79 Å². The van der Waals surface area contributed by atoms with Crippen molar-refractivity contribution < 1.29 is 14.7 Å². The number of aromatic amines is 1. The number of H-pyrrole nitrogens is 1. The summed E-state index contributed by atoms with van der Waals surface area (Å²) in [4.78, 5) is 38.8. The van der Waals surface area contributed by atoms with Crippen molar-refractivity contribution in [1.82, 2.24) is 9.88 Å². The normalized spacial score (nSPS) is 12.0. The van der Waals surface area contributed by atoms with E-state index in [9.17, 15) is 14.4 Å². The minimum Gasteiger partial charge on any atom is -0.480 e. The molecule has 0 aliphatic rings. The molecule has 0 aliphatic heterocycles. The van der Waals surface area contributed by atoms with Gasteiger partial charge in [-0.1, -0.05) is 6.92 Å². The van der Waals surface area contributed by atoms with Crippen molar-refractivity contribution in [2.24, 2.45) is 0 Å². The lowest BCUT2D eigenvalue weighted by molar-refractivity contribution is -0.142. The molecule has 0 spiro atoms. The molecule has 0 bridgehead atoms. The Morgan fingerprint density at radius 3 is 2.42 bits per heavy atom. The van der Waals surface area contributed by atoms with Crippen LogP contribution in [0.4, 0.5) is 0 Å². The zero-order chi connectivity index (χ0) is 14.7. The number of carboxylic acids is 1. The first-order valence-corrected chi connectivity index (χ1v) is 6.00. The van der Waals surface area contributed by atoms with Crippen molar-refractivity contribution in [2.75, 3.05) is 7.05 Å². The van der Waals surface area contributed by atoms with Crippen LogP contribution in [-0.2, 0) is 4.79 Å². The van der Waals surface area contributed by atoms with Gasteiger partial charge in [-0.15, -0.1) is 0 Å². The molecule has 6 nitrogen and oxygen atoms in total. The number of nitrogens with zero attached hydrogens (tertiary/aromatic N) is 1. The molecule has 1 amide bonds. The van der Waals surface area contributed by atoms with Crippen LogP contribution >= 0.6 is 0 Å². The Labute approximate surface area is 111 Å². The van der Waals surface area contributed by atoms with Crippen LogP contribution in [0.1, 0.15) is 35.0 Å². The molecule has 1 aromatic heterocycles. The summed E-state index contributed by atoms with van der Waals surface area (Å²) in [5.74, 6) is -1.66. The van der Waals surface area contributed by atoms with E-state index in [4.69, 9.17) is 5.11 Å². The van der Waals surface area contributed by atoms with E-state index in [0.717, 1.165) is 4.90 Å².